The molecule has 176 valence electrons. The maximum absolute atomic E-state index is 12.4. The van der Waals surface area contributed by atoms with Crippen LogP contribution >= 0.6 is 0 Å². The van der Waals surface area contributed by atoms with Crippen LogP contribution in [0.15, 0.2) is 48.5 Å². The molecule has 0 saturated heterocycles. The molecule has 2 aromatic carbocycles. The van der Waals surface area contributed by atoms with E-state index < -0.39 is 5.54 Å². The van der Waals surface area contributed by atoms with Gasteiger partial charge in [-0.25, -0.2) is 0 Å². The van der Waals surface area contributed by atoms with Gasteiger partial charge >= 0.3 is 0 Å². The van der Waals surface area contributed by atoms with E-state index in [1.54, 1.807) is 13.8 Å². The minimum Gasteiger partial charge on any atom is -0.353 e. The van der Waals surface area contributed by atoms with Gasteiger partial charge in [-0.1, -0.05) is 54.5 Å². The van der Waals surface area contributed by atoms with Crippen LogP contribution in [0.1, 0.15) is 48.9 Å². The summed E-state index contributed by atoms with van der Waals surface area (Å²) in [5.41, 5.74) is 4.18. The van der Waals surface area contributed by atoms with E-state index in [1.807, 2.05) is 11.9 Å². The normalized spacial score (nSPS) is 11.2. The number of amides is 2. The molecule has 0 saturated carbocycles. The molecule has 0 fully saturated rings. The number of aryl methyl sites for hydroxylation is 2. The molecule has 0 aliphatic carbocycles. The molecule has 2 rings (SSSR count). The molecule has 5 nitrogen and oxygen atoms in total. The quantitative estimate of drug-likeness (QED) is 0.490. The standard InChI is InChI=1S/C28H37N3O2/c1-6-19-31(5)20-18-29-27(33)28(3,4)30-26(32)13-9-11-23-14-16-24(17-15-23)21-25-12-8-7-10-22(25)2/h1,7-8,10,12,14-17H,9,11,13,18-21H2,2-5H3,(H,29,33)(H,30,32). The lowest BCUT2D eigenvalue weighted by Gasteiger charge is -2.25. The number of likely N-dealkylation sites (N-methyl/N-ethyl adjacent to an activating group) is 1. The number of nitrogens with zero attached hydrogens (tertiary/aromatic N) is 1. The second-order valence-corrected chi connectivity index (χ2v) is 9.14. The molecule has 0 aliphatic heterocycles. The summed E-state index contributed by atoms with van der Waals surface area (Å²) in [7, 11) is 1.90. The second-order valence-electron chi connectivity index (χ2n) is 9.14. The van der Waals surface area contributed by atoms with Crippen LogP contribution in [0.2, 0.25) is 0 Å². The number of carbonyl (C=O) groups is 2. The van der Waals surface area contributed by atoms with Crippen molar-refractivity contribution in [3.8, 4) is 12.3 Å². The Labute approximate surface area is 199 Å². The number of terminal acetylenes is 1. The molecular weight excluding hydrogens is 410 g/mol. The number of benzene rings is 2. The number of rotatable bonds is 12. The third-order valence-corrected chi connectivity index (χ3v) is 5.71. The molecule has 0 bridgehead atoms. The molecule has 2 N–H and O–H groups in total. The third-order valence-electron chi connectivity index (χ3n) is 5.71. The maximum atomic E-state index is 12.4. The highest BCUT2D eigenvalue weighted by Gasteiger charge is 2.28. The molecule has 2 aromatic rings. The topological polar surface area (TPSA) is 61.4 Å². The average molecular weight is 448 g/mol. The molecule has 0 spiro atoms. The lowest BCUT2D eigenvalue weighted by atomic mass is 9.98. The van der Waals surface area contributed by atoms with Crippen LogP contribution in [0, 0.1) is 19.3 Å². The lowest BCUT2D eigenvalue weighted by Crippen LogP contribution is -2.55. The average Bonchev–Trinajstić information content (AvgIpc) is 2.76. The van der Waals surface area contributed by atoms with Crippen molar-refractivity contribution in [2.24, 2.45) is 0 Å². The van der Waals surface area contributed by atoms with Gasteiger partial charge in [0.05, 0.1) is 6.54 Å². The predicted molar refractivity (Wildman–Crippen MR) is 135 cm³/mol. The Kier molecular flexibility index (Phi) is 10.2. The lowest BCUT2D eigenvalue weighted by molar-refractivity contribution is -0.132. The Balaban J connectivity index is 1.73. The maximum Gasteiger partial charge on any atom is 0.245 e. The molecule has 0 radical (unpaired) electrons. The second kappa shape index (κ2) is 12.8. The Hall–Kier alpha value is -3.10. The van der Waals surface area contributed by atoms with E-state index in [9.17, 15) is 9.59 Å². The molecule has 0 aromatic heterocycles. The summed E-state index contributed by atoms with van der Waals surface area (Å²) in [5.74, 6) is 2.25. The Bertz CT molecular complexity index is 958. The van der Waals surface area contributed by atoms with Gasteiger partial charge in [-0.05, 0) is 69.3 Å². The Morgan fingerprint density at radius 3 is 2.39 bits per heavy atom. The zero-order valence-electron chi connectivity index (χ0n) is 20.4. The smallest absolute Gasteiger partial charge is 0.245 e. The van der Waals surface area contributed by atoms with E-state index in [1.165, 1.54) is 22.3 Å². The summed E-state index contributed by atoms with van der Waals surface area (Å²) >= 11 is 0. The molecule has 0 atom stereocenters. The van der Waals surface area contributed by atoms with Crippen molar-refractivity contribution in [3.63, 3.8) is 0 Å². The summed E-state index contributed by atoms with van der Waals surface area (Å²) in [6, 6.07) is 17.0. The van der Waals surface area contributed by atoms with Crippen LogP contribution in [0.5, 0.6) is 0 Å². The third kappa shape index (κ3) is 9.11. The van der Waals surface area contributed by atoms with Crippen molar-refractivity contribution in [1.82, 2.24) is 15.5 Å². The first-order valence-electron chi connectivity index (χ1n) is 11.5. The fraction of sp³-hybridized carbons (Fsp3) is 0.429. The SMILES string of the molecule is C#CCN(C)CCNC(=O)C(C)(C)NC(=O)CCCc1ccc(Cc2ccccc2C)cc1. The highest BCUT2D eigenvalue weighted by Crippen LogP contribution is 2.15. The Morgan fingerprint density at radius 1 is 1.06 bits per heavy atom. The van der Waals surface area contributed by atoms with Gasteiger partial charge in [0.1, 0.15) is 5.54 Å². The minimum absolute atomic E-state index is 0.115. The Morgan fingerprint density at radius 2 is 1.73 bits per heavy atom. The van der Waals surface area contributed by atoms with Crippen LogP contribution in [0.3, 0.4) is 0 Å². The molecule has 0 aliphatic rings. The zero-order valence-corrected chi connectivity index (χ0v) is 20.4. The van der Waals surface area contributed by atoms with Gasteiger partial charge in [0, 0.05) is 19.5 Å². The van der Waals surface area contributed by atoms with Crippen molar-refractivity contribution in [1.29, 1.82) is 0 Å². The number of hydrogen-bond acceptors (Lipinski definition) is 3. The molecule has 2 amide bonds. The molecule has 0 unspecified atom stereocenters. The predicted octanol–water partition coefficient (Wildman–Crippen LogP) is 3.48. The first kappa shape index (κ1) is 26.2. The van der Waals surface area contributed by atoms with Gasteiger partial charge in [0.15, 0.2) is 0 Å². The fourth-order valence-corrected chi connectivity index (χ4v) is 3.59. The van der Waals surface area contributed by atoms with E-state index in [-0.39, 0.29) is 11.8 Å². The van der Waals surface area contributed by atoms with Gasteiger partial charge in [-0.2, -0.15) is 0 Å². The van der Waals surface area contributed by atoms with Crippen molar-refractivity contribution < 1.29 is 9.59 Å². The summed E-state index contributed by atoms with van der Waals surface area (Å²) in [6.45, 7) is 7.25. The number of hydrogen-bond donors (Lipinski definition) is 2. The van der Waals surface area contributed by atoms with Crippen LogP contribution < -0.4 is 10.6 Å². The summed E-state index contributed by atoms with van der Waals surface area (Å²) < 4.78 is 0. The summed E-state index contributed by atoms with van der Waals surface area (Å²) in [6.07, 6.45) is 8.14. The van der Waals surface area contributed by atoms with Gasteiger partial charge in [0.2, 0.25) is 11.8 Å². The van der Waals surface area contributed by atoms with Crippen LogP contribution in [0.4, 0.5) is 0 Å². The van der Waals surface area contributed by atoms with Crippen molar-refractivity contribution in [3.05, 3.63) is 70.8 Å². The van der Waals surface area contributed by atoms with Crippen molar-refractivity contribution in [2.75, 3.05) is 26.7 Å². The first-order chi connectivity index (χ1) is 15.7. The van der Waals surface area contributed by atoms with Crippen molar-refractivity contribution in [2.45, 2.75) is 52.0 Å². The highest BCUT2D eigenvalue weighted by atomic mass is 16.2. The van der Waals surface area contributed by atoms with Crippen molar-refractivity contribution >= 4 is 11.8 Å². The number of nitrogens with one attached hydrogen (secondary N) is 2. The van der Waals surface area contributed by atoms with Crippen LogP contribution in [-0.2, 0) is 22.4 Å². The summed E-state index contributed by atoms with van der Waals surface area (Å²) in [5, 5.41) is 5.71. The highest BCUT2D eigenvalue weighted by molar-refractivity contribution is 5.90. The molecule has 0 heterocycles. The van der Waals surface area contributed by atoms with E-state index in [0.29, 0.717) is 26.1 Å². The van der Waals surface area contributed by atoms with E-state index in [0.717, 1.165) is 19.3 Å². The summed E-state index contributed by atoms with van der Waals surface area (Å²) in [4.78, 5) is 26.8. The first-order valence-corrected chi connectivity index (χ1v) is 11.5. The number of carbonyl (C=O) groups excluding carboxylic acids is 2. The van der Waals surface area contributed by atoms with Gasteiger partial charge in [-0.3, -0.25) is 14.5 Å². The van der Waals surface area contributed by atoms with Gasteiger partial charge < -0.3 is 10.6 Å². The van der Waals surface area contributed by atoms with E-state index in [4.69, 9.17) is 6.42 Å². The minimum atomic E-state index is -0.959. The largest absolute Gasteiger partial charge is 0.353 e. The molecular formula is C28H37N3O2. The van der Waals surface area contributed by atoms with E-state index in [2.05, 4.69) is 72.0 Å². The zero-order chi connectivity index (χ0) is 24.3. The van der Waals surface area contributed by atoms with E-state index >= 15 is 0 Å². The molecule has 5 heteroatoms. The van der Waals surface area contributed by atoms with Crippen LogP contribution in [0.25, 0.3) is 0 Å². The molecule has 33 heavy (non-hydrogen) atoms. The van der Waals surface area contributed by atoms with Gasteiger partial charge in [0.25, 0.3) is 0 Å². The fourth-order valence-electron chi connectivity index (χ4n) is 3.59. The van der Waals surface area contributed by atoms with Crippen LogP contribution in [-0.4, -0.2) is 48.9 Å². The monoisotopic (exact) mass is 447 g/mol. The van der Waals surface area contributed by atoms with Gasteiger partial charge in [-0.15, -0.1) is 6.42 Å².